The number of rotatable bonds is 10. The highest BCUT2D eigenvalue weighted by molar-refractivity contribution is 7.79. The fourth-order valence-corrected chi connectivity index (χ4v) is 4.00. The lowest BCUT2D eigenvalue weighted by molar-refractivity contribution is 0.537. The molecule has 2 N–H and O–H groups in total. The second kappa shape index (κ2) is 10.3. The molecule has 0 aromatic heterocycles. The largest absolute Gasteiger partial charge is 0.306 e. The molecule has 0 aliphatic heterocycles. The number of unbranched alkanes of at least 4 members (excludes halogenated alkanes) is 2. The minimum Gasteiger partial charge on any atom is -0.306 e. The van der Waals surface area contributed by atoms with Crippen molar-refractivity contribution < 1.29 is 17.5 Å². The molecule has 0 heterocycles. The Labute approximate surface area is 138 Å². The van der Waals surface area contributed by atoms with E-state index in [2.05, 4.69) is 0 Å². The first-order valence-electron chi connectivity index (χ1n) is 7.80. The van der Waals surface area contributed by atoms with Crippen LogP contribution in [0, 0.1) is 0 Å². The van der Waals surface area contributed by atoms with Crippen LogP contribution in [-0.2, 0) is 22.2 Å². The Morgan fingerprint density at radius 1 is 0.909 bits per heavy atom. The molecule has 4 unspecified atom stereocenters. The molecule has 4 nitrogen and oxygen atoms in total. The lowest BCUT2D eigenvalue weighted by Gasteiger charge is -2.17. The first-order chi connectivity index (χ1) is 10.5. The Bertz CT molecular complexity index is 463. The fourth-order valence-electron chi connectivity index (χ4n) is 2.51. The molecular weight excluding hydrogens is 320 g/mol. The molecule has 1 aromatic carbocycles. The Morgan fingerprint density at radius 2 is 1.32 bits per heavy atom. The van der Waals surface area contributed by atoms with E-state index in [0.717, 1.165) is 36.8 Å². The summed E-state index contributed by atoms with van der Waals surface area (Å²) in [5, 5.41) is -0.863. The monoisotopic (exact) mass is 346 g/mol. The van der Waals surface area contributed by atoms with Crippen LogP contribution in [0.25, 0.3) is 0 Å². The van der Waals surface area contributed by atoms with Crippen molar-refractivity contribution in [1.82, 2.24) is 0 Å². The quantitative estimate of drug-likeness (QED) is 0.608. The van der Waals surface area contributed by atoms with Gasteiger partial charge >= 0.3 is 0 Å². The number of hydrogen-bond acceptors (Lipinski definition) is 2. The molecule has 126 valence electrons. The van der Waals surface area contributed by atoms with E-state index in [1.54, 1.807) is 0 Å². The van der Waals surface area contributed by atoms with E-state index in [-0.39, 0.29) is 0 Å². The van der Waals surface area contributed by atoms with Gasteiger partial charge in [-0.05, 0) is 24.0 Å². The molecular formula is C16H26O4S2. The van der Waals surface area contributed by atoms with Crippen molar-refractivity contribution in [3.63, 3.8) is 0 Å². The van der Waals surface area contributed by atoms with E-state index < -0.39 is 32.7 Å². The summed E-state index contributed by atoms with van der Waals surface area (Å²) in [6, 6.07) is 7.29. The van der Waals surface area contributed by atoms with Crippen LogP contribution in [0.1, 0.15) is 74.0 Å². The summed E-state index contributed by atoms with van der Waals surface area (Å²) < 4.78 is 42.3. The van der Waals surface area contributed by atoms with E-state index in [1.165, 1.54) is 0 Å². The number of benzene rings is 1. The van der Waals surface area contributed by atoms with Crippen molar-refractivity contribution in [3.05, 3.63) is 35.4 Å². The maximum Gasteiger partial charge on any atom is 0.160 e. The van der Waals surface area contributed by atoms with Crippen molar-refractivity contribution in [2.75, 3.05) is 0 Å². The highest BCUT2D eigenvalue weighted by atomic mass is 32.2. The SMILES string of the molecule is CCCCC(c1cccc(C(CCCC)S(=O)O)c1)S(=O)O. The van der Waals surface area contributed by atoms with Crippen molar-refractivity contribution in [3.8, 4) is 0 Å². The zero-order valence-corrected chi connectivity index (χ0v) is 14.9. The number of hydrogen-bond donors (Lipinski definition) is 2. The van der Waals surface area contributed by atoms with Gasteiger partial charge in [-0.1, -0.05) is 63.8 Å². The first-order valence-corrected chi connectivity index (χ1v) is 10.1. The van der Waals surface area contributed by atoms with Crippen molar-refractivity contribution in [1.29, 1.82) is 0 Å². The van der Waals surface area contributed by atoms with Crippen molar-refractivity contribution in [2.45, 2.75) is 62.9 Å². The van der Waals surface area contributed by atoms with Gasteiger partial charge in [0.1, 0.15) is 0 Å². The first kappa shape index (κ1) is 19.5. The van der Waals surface area contributed by atoms with E-state index in [1.807, 2.05) is 38.1 Å². The standard InChI is InChI=1S/C16H26O4S2/c1-3-5-10-15(21(17)18)13-8-7-9-14(12-13)16(22(19)20)11-6-4-2/h7-9,12,15-16H,3-6,10-11H2,1-2H3,(H,17,18)(H,19,20). The summed E-state index contributed by atoms with van der Waals surface area (Å²) in [5.74, 6) is 0. The van der Waals surface area contributed by atoms with E-state index in [0.29, 0.717) is 12.8 Å². The molecule has 22 heavy (non-hydrogen) atoms. The van der Waals surface area contributed by atoms with Gasteiger partial charge in [0.05, 0.1) is 10.5 Å². The topological polar surface area (TPSA) is 74.6 Å². The maximum atomic E-state index is 11.6. The summed E-state index contributed by atoms with van der Waals surface area (Å²) in [7, 11) is 0. The van der Waals surface area contributed by atoms with Crippen LogP contribution >= 0.6 is 0 Å². The summed E-state index contributed by atoms with van der Waals surface area (Å²) in [5.41, 5.74) is 1.55. The summed E-state index contributed by atoms with van der Waals surface area (Å²) in [4.78, 5) is 0. The Hall–Kier alpha value is -0.560. The third kappa shape index (κ3) is 5.91. The third-order valence-corrected chi connectivity index (χ3v) is 5.77. The molecule has 6 heteroatoms. The van der Waals surface area contributed by atoms with Gasteiger partial charge in [-0.2, -0.15) is 0 Å². The summed E-state index contributed by atoms with van der Waals surface area (Å²) in [6.45, 7) is 4.09. The van der Waals surface area contributed by atoms with Crippen LogP contribution in [0.5, 0.6) is 0 Å². The van der Waals surface area contributed by atoms with Crippen LogP contribution in [-0.4, -0.2) is 17.5 Å². The maximum absolute atomic E-state index is 11.6. The smallest absolute Gasteiger partial charge is 0.160 e. The van der Waals surface area contributed by atoms with Gasteiger partial charge in [0.2, 0.25) is 0 Å². The highest BCUT2D eigenvalue weighted by Gasteiger charge is 2.21. The second-order valence-corrected chi connectivity index (χ2v) is 7.73. The molecule has 0 saturated heterocycles. The summed E-state index contributed by atoms with van der Waals surface area (Å²) in [6.07, 6.45) is 4.98. The zero-order valence-electron chi connectivity index (χ0n) is 13.2. The van der Waals surface area contributed by atoms with Crippen LogP contribution < -0.4 is 0 Å². The van der Waals surface area contributed by atoms with E-state index in [9.17, 15) is 17.5 Å². The lowest BCUT2D eigenvalue weighted by atomic mass is 10.0. The molecule has 0 fully saturated rings. The zero-order chi connectivity index (χ0) is 16.5. The average Bonchev–Trinajstić information content (AvgIpc) is 2.48. The van der Waals surface area contributed by atoms with Gasteiger partial charge in [-0.15, -0.1) is 0 Å². The van der Waals surface area contributed by atoms with Crippen LogP contribution in [0.4, 0.5) is 0 Å². The van der Waals surface area contributed by atoms with E-state index >= 15 is 0 Å². The van der Waals surface area contributed by atoms with Crippen LogP contribution in [0.15, 0.2) is 24.3 Å². The molecule has 0 saturated carbocycles. The molecule has 1 aromatic rings. The van der Waals surface area contributed by atoms with E-state index in [4.69, 9.17) is 0 Å². The van der Waals surface area contributed by atoms with Gasteiger partial charge in [-0.3, -0.25) is 0 Å². The Balaban J connectivity index is 3.03. The Morgan fingerprint density at radius 3 is 1.64 bits per heavy atom. The molecule has 4 atom stereocenters. The molecule has 0 aliphatic carbocycles. The molecule has 0 bridgehead atoms. The molecule has 1 rings (SSSR count). The van der Waals surface area contributed by atoms with Crippen LogP contribution in [0.2, 0.25) is 0 Å². The van der Waals surface area contributed by atoms with Gasteiger partial charge in [0.25, 0.3) is 0 Å². The second-order valence-electron chi connectivity index (χ2n) is 5.48. The fraction of sp³-hybridized carbons (Fsp3) is 0.625. The average molecular weight is 347 g/mol. The molecule has 0 radical (unpaired) electrons. The van der Waals surface area contributed by atoms with Gasteiger partial charge < -0.3 is 9.11 Å². The van der Waals surface area contributed by atoms with Crippen molar-refractivity contribution >= 4 is 22.2 Å². The van der Waals surface area contributed by atoms with Gasteiger partial charge in [0, 0.05) is 0 Å². The van der Waals surface area contributed by atoms with Crippen LogP contribution in [0.3, 0.4) is 0 Å². The van der Waals surface area contributed by atoms with Crippen molar-refractivity contribution in [2.24, 2.45) is 0 Å². The molecule has 0 aliphatic rings. The minimum absolute atomic E-state index is 0.432. The normalized spacial score (nSPS) is 16.9. The highest BCUT2D eigenvalue weighted by Crippen LogP contribution is 2.30. The minimum atomic E-state index is -1.93. The third-order valence-electron chi connectivity index (χ3n) is 3.78. The van der Waals surface area contributed by atoms with Gasteiger partial charge in [-0.25, -0.2) is 8.42 Å². The lowest BCUT2D eigenvalue weighted by Crippen LogP contribution is -2.09. The predicted octanol–water partition coefficient (Wildman–Crippen LogP) is 4.59. The molecule has 0 spiro atoms. The van der Waals surface area contributed by atoms with Gasteiger partial charge in [0.15, 0.2) is 22.2 Å². The Kier molecular flexibility index (Phi) is 9.09. The predicted molar refractivity (Wildman–Crippen MR) is 92.5 cm³/mol. The molecule has 0 amide bonds. The summed E-state index contributed by atoms with van der Waals surface area (Å²) >= 11 is -3.86.